The van der Waals surface area contributed by atoms with Crippen LogP contribution in [0.5, 0.6) is 11.5 Å². The van der Waals surface area contributed by atoms with E-state index in [1.54, 1.807) is 0 Å². The number of nitrogen functional groups attached to an aromatic ring is 2. The van der Waals surface area contributed by atoms with Crippen molar-refractivity contribution in [2.45, 2.75) is 9.79 Å². The molecular weight excluding hydrogens is 849 g/mol. The number of hydrogen-bond donors (Lipinski definition) is 4. The minimum absolute atomic E-state index is 0.0944. The largest absolute Gasteiger partial charge is 0.496 e. The summed E-state index contributed by atoms with van der Waals surface area (Å²) >= 11 is 1.68. The molecule has 0 unspecified atom stereocenters. The topological polar surface area (TPSA) is 223 Å². The van der Waals surface area contributed by atoms with Gasteiger partial charge in [0.15, 0.2) is 53.2 Å². The smallest absolute Gasteiger partial charge is 0.213 e. The fourth-order valence-corrected chi connectivity index (χ4v) is 7.93. The van der Waals surface area contributed by atoms with Gasteiger partial charge in [0.1, 0.15) is 44.0 Å². The highest BCUT2D eigenvalue weighted by molar-refractivity contribution is 7.91. The number of methoxy groups -OCH3 is 2. The van der Waals surface area contributed by atoms with Crippen molar-refractivity contribution >= 4 is 87.2 Å². The van der Waals surface area contributed by atoms with Gasteiger partial charge < -0.3 is 31.6 Å². The Kier molecular flexibility index (Phi) is 12.7. The number of aromatic nitrogens is 2. The molecule has 14 nitrogen and oxygen atoms in total. The lowest BCUT2D eigenvalue weighted by molar-refractivity contribution is 0.102. The van der Waals surface area contributed by atoms with Gasteiger partial charge in [-0.2, -0.15) is 0 Å². The monoisotopic (exact) mass is 878 g/mol. The molecule has 0 radical (unpaired) electrons. The van der Waals surface area contributed by atoms with Crippen molar-refractivity contribution < 1.29 is 53.5 Å². The van der Waals surface area contributed by atoms with Crippen molar-refractivity contribution in [3.05, 3.63) is 117 Å². The molecule has 0 fully saturated rings. The van der Waals surface area contributed by atoms with E-state index >= 15 is 0 Å². The summed E-state index contributed by atoms with van der Waals surface area (Å²) < 4.78 is 112. The maximum absolute atomic E-state index is 14.2. The van der Waals surface area contributed by atoms with Gasteiger partial charge >= 0.3 is 0 Å². The SMILES string of the molecule is COc1ccc(F)c(F)c1C(=O)c1sc(Nc2ccc(S(C)(=O)=O)cc2)nc1N.COc1ccc(F)c(F)c1C(=O)c1sc(Nc2ccc(S(C)(=O)=O)cc2)nc1N. The zero-order valence-electron chi connectivity index (χ0n) is 30.4. The lowest BCUT2D eigenvalue weighted by Crippen LogP contribution is -2.09. The molecule has 0 aliphatic heterocycles. The summed E-state index contributed by atoms with van der Waals surface area (Å²) in [4.78, 5) is 33.6. The average molecular weight is 879 g/mol. The maximum Gasteiger partial charge on any atom is 0.213 e. The van der Waals surface area contributed by atoms with Crippen LogP contribution in [0.2, 0.25) is 0 Å². The molecule has 58 heavy (non-hydrogen) atoms. The van der Waals surface area contributed by atoms with Crippen LogP contribution in [0.25, 0.3) is 0 Å². The molecule has 6 rings (SSSR count). The number of carbonyl (C=O) groups excluding carboxylic acids is 2. The predicted molar refractivity (Wildman–Crippen MR) is 211 cm³/mol. The van der Waals surface area contributed by atoms with Gasteiger partial charge in [-0.3, -0.25) is 9.59 Å². The molecule has 0 atom stereocenters. The number of hydrogen-bond acceptors (Lipinski definition) is 16. The molecule has 0 saturated carbocycles. The number of nitrogens with zero attached hydrogens (tertiary/aromatic N) is 2. The fraction of sp³-hybridized carbons (Fsp3) is 0.111. The molecule has 2 aromatic heterocycles. The summed E-state index contributed by atoms with van der Waals surface area (Å²) in [6.45, 7) is 0. The van der Waals surface area contributed by atoms with Gasteiger partial charge in [-0.15, -0.1) is 0 Å². The molecule has 0 spiro atoms. The number of thiazole rings is 2. The Morgan fingerprint density at radius 3 is 1.21 bits per heavy atom. The van der Waals surface area contributed by atoms with Crippen LogP contribution >= 0.6 is 22.7 Å². The van der Waals surface area contributed by atoms with E-state index < -0.39 is 65.6 Å². The summed E-state index contributed by atoms with van der Waals surface area (Å²) in [6.07, 6.45) is 2.18. The number of anilines is 6. The minimum Gasteiger partial charge on any atom is -0.496 e. The first kappa shape index (κ1) is 43.0. The van der Waals surface area contributed by atoms with E-state index in [-0.39, 0.29) is 52.9 Å². The van der Waals surface area contributed by atoms with E-state index in [1.807, 2.05) is 0 Å². The van der Waals surface area contributed by atoms with Crippen LogP contribution in [-0.4, -0.2) is 65.1 Å². The van der Waals surface area contributed by atoms with Gasteiger partial charge in [0.25, 0.3) is 0 Å². The number of halogens is 4. The number of carbonyl (C=O) groups is 2. The van der Waals surface area contributed by atoms with Crippen molar-refractivity contribution in [2.75, 3.05) is 48.8 Å². The Morgan fingerprint density at radius 1 is 0.586 bits per heavy atom. The van der Waals surface area contributed by atoms with Crippen LogP contribution in [0.1, 0.15) is 30.5 Å². The van der Waals surface area contributed by atoms with E-state index in [0.717, 1.165) is 59.5 Å². The summed E-state index contributed by atoms with van der Waals surface area (Å²) in [7, 11) is -4.21. The fourth-order valence-electron chi connectivity index (χ4n) is 4.97. The highest BCUT2D eigenvalue weighted by atomic mass is 32.2. The molecule has 22 heteroatoms. The van der Waals surface area contributed by atoms with Crippen LogP contribution in [0.15, 0.2) is 82.6 Å². The number of ketones is 2. The number of nitrogens with two attached hydrogens (primary N) is 2. The Balaban J connectivity index is 0.000000221. The molecular formula is C36H30F4N6O8S4. The minimum atomic E-state index is -3.33. The first-order valence-corrected chi connectivity index (χ1v) is 21.4. The third-order valence-electron chi connectivity index (χ3n) is 7.79. The van der Waals surface area contributed by atoms with Gasteiger partial charge in [-0.1, -0.05) is 22.7 Å². The zero-order valence-corrected chi connectivity index (χ0v) is 33.7. The molecule has 6 aromatic rings. The third kappa shape index (κ3) is 9.53. The molecule has 0 saturated heterocycles. The second-order valence-corrected chi connectivity index (χ2v) is 17.9. The molecule has 304 valence electrons. The summed E-state index contributed by atoms with van der Waals surface area (Å²) in [5, 5.41) is 6.20. The lowest BCUT2D eigenvalue weighted by atomic mass is 10.1. The van der Waals surface area contributed by atoms with E-state index in [1.165, 1.54) is 62.8 Å². The van der Waals surface area contributed by atoms with Crippen LogP contribution in [-0.2, 0) is 19.7 Å². The maximum atomic E-state index is 14.2. The lowest BCUT2D eigenvalue weighted by Gasteiger charge is -2.08. The molecule has 0 aliphatic carbocycles. The Labute approximate surface area is 336 Å². The molecule has 6 N–H and O–H groups in total. The highest BCUT2D eigenvalue weighted by Crippen LogP contribution is 2.35. The van der Waals surface area contributed by atoms with Crippen LogP contribution in [0, 0.1) is 23.3 Å². The first-order chi connectivity index (χ1) is 27.2. The van der Waals surface area contributed by atoms with Crippen molar-refractivity contribution in [3.63, 3.8) is 0 Å². The van der Waals surface area contributed by atoms with Crippen molar-refractivity contribution in [3.8, 4) is 11.5 Å². The highest BCUT2D eigenvalue weighted by Gasteiger charge is 2.28. The summed E-state index contributed by atoms with van der Waals surface area (Å²) in [5.41, 5.74) is 11.4. The quantitative estimate of drug-likeness (QED) is 0.0735. The van der Waals surface area contributed by atoms with Crippen LogP contribution < -0.4 is 31.6 Å². The molecule has 0 bridgehead atoms. The third-order valence-corrected chi connectivity index (χ3v) is 12.0. The molecule has 0 amide bonds. The number of sulfone groups is 2. The zero-order chi connectivity index (χ0) is 42.7. The second-order valence-electron chi connectivity index (χ2n) is 11.8. The summed E-state index contributed by atoms with van der Waals surface area (Å²) in [5.74, 6) is -7.39. The van der Waals surface area contributed by atoms with E-state index in [9.17, 15) is 44.0 Å². The van der Waals surface area contributed by atoms with E-state index in [4.69, 9.17) is 20.9 Å². The first-order valence-electron chi connectivity index (χ1n) is 16.0. The van der Waals surface area contributed by atoms with Crippen molar-refractivity contribution in [1.82, 2.24) is 9.97 Å². The second kappa shape index (κ2) is 17.2. The van der Waals surface area contributed by atoms with Crippen molar-refractivity contribution in [2.24, 2.45) is 0 Å². The normalized spacial score (nSPS) is 11.3. The number of rotatable bonds is 12. The van der Waals surface area contributed by atoms with Gasteiger partial charge in [-0.05, 0) is 72.8 Å². The number of nitrogens with one attached hydrogen (secondary N) is 2. The Morgan fingerprint density at radius 2 is 0.914 bits per heavy atom. The molecule has 0 aliphatic rings. The predicted octanol–water partition coefficient (Wildman–Crippen LogP) is 6.78. The van der Waals surface area contributed by atoms with Crippen LogP contribution in [0.3, 0.4) is 0 Å². The summed E-state index contributed by atoms with van der Waals surface area (Å²) in [6, 6.07) is 15.7. The molecule has 4 aromatic carbocycles. The Bertz CT molecular complexity index is 2570. The Hall–Kier alpha value is -6.10. The van der Waals surface area contributed by atoms with Gasteiger partial charge in [0, 0.05) is 23.9 Å². The van der Waals surface area contributed by atoms with Gasteiger partial charge in [0.05, 0.1) is 24.0 Å². The average Bonchev–Trinajstić information content (AvgIpc) is 3.73. The standard InChI is InChI=1S/2C18H15F2N3O4S2/c2*1-27-12-8-7-11(19)14(20)13(12)15(24)16-17(21)23-18(28-16)22-9-3-5-10(6-4-9)29(2,25)26/h2*3-8H,21H2,1-2H3,(H,22,23). The van der Waals surface area contributed by atoms with Gasteiger partial charge in [-0.25, -0.2) is 44.4 Å². The number of benzene rings is 4. The van der Waals surface area contributed by atoms with E-state index in [2.05, 4.69) is 20.6 Å². The number of ether oxygens (including phenoxy) is 2. The van der Waals surface area contributed by atoms with Crippen LogP contribution in [0.4, 0.5) is 50.8 Å². The van der Waals surface area contributed by atoms with Crippen molar-refractivity contribution in [1.29, 1.82) is 0 Å². The van der Waals surface area contributed by atoms with Gasteiger partial charge in [0.2, 0.25) is 11.6 Å². The molecule has 2 heterocycles. The van der Waals surface area contributed by atoms with E-state index in [0.29, 0.717) is 11.4 Å².